The average molecular weight is 325 g/mol. The highest BCUT2D eigenvalue weighted by atomic mass is 16.6. The van der Waals surface area contributed by atoms with Gasteiger partial charge in [-0.05, 0) is 40.0 Å². The minimum atomic E-state index is -1.11. The number of carbonyl (C=O) groups is 2. The van der Waals surface area contributed by atoms with E-state index in [2.05, 4.69) is 15.6 Å². The van der Waals surface area contributed by atoms with Gasteiger partial charge in [0.1, 0.15) is 11.4 Å². The first-order chi connectivity index (χ1) is 10.7. The highest BCUT2D eigenvalue weighted by Gasteiger charge is 2.35. The molecule has 1 aromatic heterocycles. The maximum atomic E-state index is 12.0. The van der Waals surface area contributed by atoms with E-state index in [1.54, 1.807) is 27.0 Å². The van der Waals surface area contributed by atoms with E-state index in [-0.39, 0.29) is 18.0 Å². The van der Waals surface area contributed by atoms with Crippen LogP contribution in [0, 0.1) is 0 Å². The second-order valence-corrected chi connectivity index (χ2v) is 6.72. The van der Waals surface area contributed by atoms with Crippen molar-refractivity contribution in [3.05, 3.63) is 18.4 Å². The van der Waals surface area contributed by atoms with Gasteiger partial charge in [-0.2, -0.15) is 0 Å². The molecular formula is C15H23N3O5. The van der Waals surface area contributed by atoms with Crippen LogP contribution in [0.2, 0.25) is 0 Å². The largest absolute Gasteiger partial charge is 0.465 e. The molecule has 2 amide bonds. The van der Waals surface area contributed by atoms with E-state index >= 15 is 0 Å². The number of aromatic nitrogens is 1. The molecule has 0 bridgehead atoms. The molecule has 0 unspecified atom stereocenters. The molecule has 8 heteroatoms. The first-order valence-corrected chi connectivity index (χ1v) is 7.62. The maximum Gasteiger partial charge on any atom is 0.407 e. The van der Waals surface area contributed by atoms with Crippen LogP contribution in [0.5, 0.6) is 0 Å². The molecule has 1 fully saturated rings. The Bertz CT molecular complexity index is 538. The number of rotatable bonds is 3. The number of hydrogen-bond acceptors (Lipinski definition) is 5. The molecule has 1 saturated carbocycles. The molecule has 1 heterocycles. The van der Waals surface area contributed by atoms with Gasteiger partial charge in [-0.15, -0.1) is 0 Å². The standard InChI is InChI=1S/C15H23N3O5/c1-15(2,3)23-14(21)18-11-6-9(12-7-16-8-22-12)4-5-10(11)17-13(19)20/h7-11,17H,4-6H2,1-3H3,(H,18,21)(H,19,20)/t9-,10-,11+/m0/s1. The summed E-state index contributed by atoms with van der Waals surface area (Å²) in [5.41, 5.74) is -0.612. The summed E-state index contributed by atoms with van der Waals surface area (Å²) in [6, 6.07) is -0.732. The van der Waals surface area contributed by atoms with Gasteiger partial charge in [0, 0.05) is 5.92 Å². The molecule has 0 radical (unpaired) electrons. The number of alkyl carbamates (subject to hydrolysis) is 1. The predicted molar refractivity (Wildman–Crippen MR) is 81.2 cm³/mol. The molecule has 8 nitrogen and oxygen atoms in total. The Morgan fingerprint density at radius 2 is 2.04 bits per heavy atom. The first-order valence-electron chi connectivity index (χ1n) is 7.62. The normalized spacial score (nSPS) is 24.7. The summed E-state index contributed by atoms with van der Waals surface area (Å²) in [7, 11) is 0. The number of nitrogens with one attached hydrogen (secondary N) is 2. The molecule has 1 aromatic rings. The first kappa shape index (κ1) is 17.1. The van der Waals surface area contributed by atoms with Gasteiger partial charge in [0.05, 0.1) is 18.3 Å². The molecule has 2 rings (SSSR count). The topological polar surface area (TPSA) is 114 Å². The Hall–Kier alpha value is -2.25. The number of hydrogen-bond donors (Lipinski definition) is 3. The number of carboxylic acid groups (broad SMARTS) is 1. The summed E-state index contributed by atoms with van der Waals surface area (Å²) in [4.78, 5) is 26.9. The fourth-order valence-electron chi connectivity index (χ4n) is 2.81. The smallest absolute Gasteiger partial charge is 0.407 e. The van der Waals surface area contributed by atoms with Crippen LogP contribution in [0.4, 0.5) is 9.59 Å². The Morgan fingerprint density at radius 1 is 1.30 bits per heavy atom. The van der Waals surface area contributed by atoms with Crippen LogP contribution in [0.3, 0.4) is 0 Å². The summed E-state index contributed by atoms with van der Waals surface area (Å²) in [5, 5.41) is 14.2. The Kier molecular flexibility index (Phi) is 5.12. The molecule has 0 spiro atoms. The Labute approximate surface area is 134 Å². The lowest BCUT2D eigenvalue weighted by Crippen LogP contribution is -2.54. The van der Waals surface area contributed by atoms with Gasteiger partial charge in [-0.1, -0.05) is 0 Å². The second-order valence-electron chi connectivity index (χ2n) is 6.72. The minimum absolute atomic E-state index is 0.0873. The maximum absolute atomic E-state index is 12.0. The van der Waals surface area contributed by atoms with Gasteiger partial charge in [-0.3, -0.25) is 0 Å². The van der Waals surface area contributed by atoms with Crippen molar-refractivity contribution in [2.24, 2.45) is 0 Å². The molecule has 3 atom stereocenters. The lowest BCUT2D eigenvalue weighted by molar-refractivity contribution is 0.0472. The van der Waals surface area contributed by atoms with Crippen LogP contribution < -0.4 is 10.6 Å². The van der Waals surface area contributed by atoms with Crippen LogP contribution in [0.25, 0.3) is 0 Å². The zero-order valence-electron chi connectivity index (χ0n) is 13.5. The number of nitrogens with zero attached hydrogens (tertiary/aromatic N) is 1. The zero-order valence-corrected chi connectivity index (χ0v) is 13.5. The second kappa shape index (κ2) is 6.89. The van der Waals surface area contributed by atoms with E-state index in [1.165, 1.54) is 6.39 Å². The van der Waals surface area contributed by atoms with E-state index in [0.717, 1.165) is 12.2 Å². The van der Waals surface area contributed by atoms with E-state index < -0.39 is 17.8 Å². The van der Waals surface area contributed by atoms with Crippen molar-refractivity contribution in [3.63, 3.8) is 0 Å². The van der Waals surface area contributed by atoms with Crippen molar-refractivity contribution in [1.29, 1.82) is 0 Å². The summed E-state index contributed by atoms with van der Waals surface area (Å²) in [5.74, 6) is 0.832. The molecule has 3 N–H and O–H groups in total. The van der Waals surface area contributed by atoms with E-state index in [0.29, 0.717) is 12.8 Å². The van der Waals surface area contributed by atoms with E-state index in [4.69, 9.17) is 14.3 Å². The van der Waals surface area contributed by atoms with Gasteiger partial charge >= 0.3 is 12.2 Å². The fourth-order valence-corrected chi connectivity index (χ4v) is 2.81. The number of oxazole rings is 1. The van der Waals surface area contributed by atoms with Crippen LogP contribution in [0.15, 0.2) is 17.0 Å². The van der Waals surface area contributed by atoms with Gasteiger partial charge in [0.25, 0.3) is 0 Å². The SMILES string of the molecule is CC(C)(C)OC(=O)N[C@@H]1C[C@@H](c2cnco2)CC[C@@H]1NC(=O)O. The summed E-state index contributed by atoms with van der Waals surface area (Å²) < 4.78 is 10.6. The predicted octanol–water partition coefficient (Wildman–Crippen LogP) is 2.47. The van der Waals surface area contributed by atoms with Crippen molar-refractivity contribution >= 4 is 12.2 Å². The molecule has 0 aromatic carbocycles. The van der Waals surface area contributed by atoms with Crippen LogP contribution >= 0.6 is 0 Å². The quantitative estimate of drug-likeness (QED) is 0.786. The van der Waals surface area contributed by atoms with Crippen molar-refractivity contribution in [2.75, 3.05) is 0 Å². The van der Waals surface area contributed by atoms with Crippen LogP contribution in [-0.4, -0.2) is 40.0 Å². The van der Waals surface area contributed by atoms with E-state index in [9.17, 15) is 9.59 Å². The summed E-state index contributed by atoms with van der Waals surface area (Å²) in [6.07, 6.45) is 3.26. The molecule has 0 saturated heterocycles. The van der Waals surface area contributed by atoms with E-state index in [1.807, 2.05) is 0 Å². The molecule has 1 aliphatic rings. The highest BCUT2D eigenvalue weighted by Crippen LogP contribution is 2.33. The number of amides is 2. The fraction of sp³-hybridized carbons (Fsp3) is 0.667. The third-order valence-electron chi connectivity index (χ3n) is 3.72. The lowest BCUT2D eigenvalue weighted by Gasteiger charge is -2.36. The van der Waals surface area contributed by atoms with Gasteiger partial charge in [-0.25, -0.2) is 14.6 Å². The highest BCUT2D eigenvalue weighted by molar-refractivity contribution is 5.69. The minimum Gasteiger partial charge on any atom is -0.465 e. The van der Waals surface area contributed by atoms with Crippen LogP contribution in [0.1, 0.15) is 51.7 Å². The summed E-state index contributed by atoms with van der Waals surface area (Å²) >= 11 is 0. The lowest BCUT2D eigenvalue weighted by atomic mass is 9.81. The molecule has 23 heavy (non-hydrogen) atoms. The van der Waals surface area contributed by atoms with Crippen molar-refractivity contribution in [3.8, 4) is 0 Å². The monoisotopic (exact) mass is 325 g/mol. The van der Waals surface area contributed by atoms with Gasteiger partial charge < -0.3 is 24.9 Å². The summed E-state index contributed by atoms with van der Waals surface area (Å²) in [6.45, 7) is 5.33. The van der Waals surface area contributed by atoms with Gasteiger partial charge in [0.15, 0.2) is 6.39 Å². The zero-order chi connectivity index (χ0) is 17.0. The molecular weight excluding hydrogens is 302 g/mol. The third kappa shape index (κ3) is 5.15. The number of carbonyl (C=O) groups excluding carboxylic acids is 1. The van der Waals surface area contributed by atoms with Crippen molar-refractivity contribution < 1.29 is 23.8 Å². The Balaban J connectivity index is 2.04. The third-order valence-corrected chi connectivity index (χ3v) is 3.72. The number of ether oxygens (including phenoxy) is 1. The van der Waals surface area contributed by atoms with Crippen molar-refractivity contribution in [2.45, 2.75) is 63.6 Å². The molecule has 128 valence electrons. The molecule has 0 aliphatic heterocycles. The molecule has 1 aliphatic carbocycles. The van der Waals surface area contributed by atoms with Gasteiger partial charge in [0.2, 0.25) is 0 Å². The van der Waals surface area contributed by atoms with Crippen LogP contribution in [-0.2, 0) is 4.74 Å². The Morgan fingerprint density at radius 3 is 2.61 bits per heavy atom. The average Bonchev–Trinajstić information content (AvgIpc) is 2.91. The van der Waals surface area contributed by atoms with Crippen molar-refractivity contribution in [1.82, 2.24) is 15.6 Å².